The fraction of sp³-hybridized carbons (Fsp3) is 0.576. The van der Waals surface area contributed by atoms with Crippen LogP contribution in [0.15, 0.2) is 48.5 Å². The number of amides is 2. The molecule has 0 saturated heterocycles. The Morgan fingerprint density at radius 1 is 0.929 bits per heavy atom. The van der Waals surface area contributed by atoms with Crippen LogP contribution in [-0.2, 0) is 31.6 Å². The van der Waals surface area contributed by atoms with Crippen molar-refractivity contribution < 1.29 is 18.0 Å². The molecule has 4 fully saturated rings. The number of hydrogen-bond acceptors (Lipinski definition) is 4. The Morgan fingerprint density at radius 2 is 1.48 bits per heavy atom. The van der Waals surface area contributed by atoms with E-state index < -0.39 is 28.5 Å². The summed E-state index contributed by atoms with van der Waals surface area (Å²) in [4.78, 5) is 28.3. The zero-order chi connectivity index (χ0) is 30.2. The van der Waals surface area contributed by atoms with E-state index in [1.807, 2.05) is 26.0 Å². The average molecular weight is 614 g/mol. The van der Waals surface area contributed by atoms with Gasteiger partial charge in [0.15, 0.2) is 0 Å². The normalized spacial score (nSPS) is 25.3. The van der Waals surface area contributed by atoms with Crippen molar-refractivity contribution in [3.05, 3.63) is 64.7 Å². The number of sulfonamides is 1. The topological polar surface area (TPSA) is 86.8 Å². The van der Waals surface area contributed by atoms with Crippen molar-refractivity contribution in [1.29, 1.82) is 0 Å². The molecule has 228 valence electrons. The second kappa shape index (κ2) is 12.2. The Kier molecular flexibility index (Phi) is 8.96. The van der Waals surface area contributed by atoms with Gasteiger partial charge in [-0.15, -0.1) is 0 Å². The Balaban J connectivity index is 1.37. The standard InChI is InChI=1S/C33H44ClN3O4S/c1-22(2)19-35-32(39)23(3)36(20-24-5-9-29(34)10-6-24)31(38)21-37(42(4,40)41)30-11-7-28(8-12-30)33-16-25-13-26(17-33)15-27(14-25)18-33/h5-12,22-23,25-27H,13-21H2,1-4H3,(H,35,39)/t23-,25?,26?,27?,33?/m0/s1. The third kappa shape index (κ3) is 6.80. The molecular weight excluding hydrogens is 570 g/mol. The molecule has 9 heteroatoms. The van der Waals surface area contributed by atoms with Crippen LogP contribution in [0.1, 0.15) is 70.4 Å². The molecule has 42 heavy (non-hydrogen) atoms. The maximum Gasteiger partial charge on any atom is 0.244 e. The lowest BCUT2D eigenvalue weighted by atomic mass is 9.48. The van der Waals surface area contributed by atoms with Crippen molar-refractivity contribution in [2.45, 2.75) is 77.3 Å². The van der Waals surface area contributed by atoms with E-state index in [-0.39, 0.29) is 23.8 Å². The smallest absolute Gasteiger partial charge is 0.244 e. The number of nitrogens with one attached hydrogen (secondary N) is 1. The van der Waals surface area contributed by atoms with Crippen LogP contribution in [0.3, 0.4) is 0 Å². The fourth-order valence-corrected chi connectivity index (χ4v) is 8.86. The summed E-state index contributed by atoms with van der Waals surface area (Å²) in [6.45, 7) is 5.91. The molecule has 0 radical (unpaired) electrons. The maximum atomic E-state index is 13.8. The minimum Gasteiger partial charge on any atom is -0.354 e. The monoisotopic (exact) mass is 613 g/mol. The van der Waals surface area contributed by atoms with E-state index >= 15 is 0 Å². The highest BCUT2D eigenvalue weighted by atomic mass is 35.5. The van der Waals surface area contributed by atoms with E-state index in [9.17, 15) is 18.0 Å². The van der Waals surface area contributed by atoms with E-state index in [0.717, 1.165) is 33.9 Å². The first-order chi connectivity index (χ1) is 19.8. The molecule has 7 nitrogen and oxygen atoms in total. The molecule has 0 aliphatic heterocycles. The number of benzene rings is 2. The molecule has 0 aromatic heterocycles. The molecule has 1 atom stereocenters. The minimum atomic E-state index is -3.78. The molecule has 2 amide bonds. The van der Waals surface area contributed by atoms with Gasteiger partial charge in [0.2, 0.25) is 21.8 Å². The largest absolute Gasteiger partial charge is 0.354 e. The predicted octanol–water partition coefficient (Wildman–Crippen LogP) is 5.76. The van der Waals surface area contributed by atoms with Crippen LogP contribution < -0.4 is 9.62 Å². The molecule has 0 unspecified atom stereocenters. The Labute approximate surface area is 256 Å². The first kappa shape index (κ1) is 30.9. The second-order valence-electron chi connectivity index (χ2n) is 13.5. The van der Waals surface area contributed by atoms with Crippen LogP contribution in [0.2, 0.25) is 5.02 Å². The number of carbonyl (C=O) groups is 2. The van der Waals surface area contributed by atoms with Crippen LogP contribution >= 0.6 is 11.6 Å². The number of carbonyl (C=O) groups excluding carboxylic acids is 2. The van der Waals surface area contributed by atoms with Gasteiger partial charge in [0.05, 0.1) is 11.9 Å². The van der Waals surface area contributed by atoms with Crippen molar-refractivity contribution in [1.82, 2.24) is 10.2 Å². The summed E-state index contributed by atoms with van der Waals surface area (Å²) in [7, 11) is -3.78. The van der Waals surface area contributed by atoms with E-state index in [2.05, 4.69) is 17.4 Å². The number of hydrogen-bond donors (Lipinski definition) is 1. The summed E-state index contributed by atoms with van der Waals surface area (Å²) in [5, 5.41) is 3.47. The van der Waals surface area contributed by atoms with Gasteiger partial charge < -0.3 is 10.2 Å². The van der Waals surface area contributed by atoms with Gasteiger partial charge in [-0.3, -0.25) is 13.9 Å². The van der Waals surface area contributed by atoms with Crippen molar-refractivity contribution in [2.24, 2.45) is 23.7 Å². The summed E-state index contributed by atoms with van der Waals surface area (Å²) >= 11 is 6.06. The van der Waals surface area contributed by atoms with Gasteiger partial charge >= 0.3 is 0 Å². The highest BCUT2D eigenvalue weighted by molar-refractivity contribution is 7.92. The predicted molar refractivity (Wildman–Crippen MR) is 168 cm³/mol. The summed E-state index contributed by atoms with van der Waals surface area (Å²) < 4.78 is 27.2. The van der Waals surface area contributed by atoms with Crippen LogP contribution in [0.25, 0.3) is 0 Å². The third-order valence-corrected chi connectivity index (χ3v) is 11.0. The van der Waals surface area contributed by atoms with E-state index in [0.29, 0.717) is 17.3 Å². The van der Waals surface area contributed by atoms with Crippen LogP contribution in [0, 0.1) is 23.7 Å². The summed E-state index contributed by atoms with van der Waals surface area (Å²) in [5.74, 6) is 1.96. The van der Waals surface area contributed by atoms with Crippen LogP contribution in [0.5, 0.6) is 0 Å². The molecular formula is C33H44ClN3O4S. The van der Waals surface area contributed by atoms with E-state index in [1.54, 1.807) is 31.2 Å². The van der Waals surface area contributed by atoms with Gasteiger partial charge in [0.1, 0.15) is 12.6 Å². The molecule has 4 bridgehead atoms. The SMILES string of the molecule is CC(C)CNC(=O)[C@H](C)N(Cc1ccc(Cl)cc1)C(=O)CN(c1ccc(C23CC4CC(CC(C4)C2)C3)cc1)S(C)(=O)=O. The first-order valence-electron chi connectivity index (χ1n) is 15.2. The molecule has 4 aliphatic carbocycles. The number of nitrogens with zero attached hydrogens (tertiary/aromatic N) is 2. The Bertz CT molecular complexity index is 1360. The summed E-state index contributed by atoms with van der Waals surface area (Å²) in [5.41, 5.74) is 2.75. The Morgan fingerprint density at radius 3 is 1.98 bits per heavy atom. The molecule has 4 aliphatic rings. The molecule has 0 spiro atoms. The zero-order valence-electron chi connectivity index (χ0n) is 25.2. The number of halogens is 1. The molecule has 6 rings (SSSR count). The van der Waals surface area contributed by atoms with Gasteiger partial charge in [0.25, 0.3) is 0 Å². The molecule has 0 heterocycles. The van der Waals surface area contributed by atoms with Crippen LogP contribution in [-0.4, -0.2) is 50.5 Å². The van der Waals surface area contributed by atoms with Crippen molar-refractivity contribution >= 4 is 39.1 Å². The van der Waals surface area contributed by atoms with Gasteiger partial charge in [0, 0.05) is 18.1 Å². The lowest BCUT2D eigenvalue weighted by molar-refractivity contribution is -0.139. The number of rotatable bonds is 11. The highest BCUT2D eigenvalue weighted by Gasteiger charge is 2.51. The van der Waals surface area contributed by atoms with Crippen molar-refractivity contribution in [3.63, 3.8) is 0 Å². The van der Waals surface area contributed by atoms with Gasteiger partial charge in [-0.1, -0.05) is 49.7 Å². The first-order valence-corrected chi connectivity index (χ1v) is 17.5. The summed E-state index contributed by atoms with van der Waals surface area (Å²) in [6.07, 6.45) is 8.88. The average Bonchev–Trinajstić information content (AvgIpc) is 2.92. The minimum absolute atomic E-state index is 0.148. The zero-order valence-corrected chi connectivity index (χ0v) is 26.8. The van der Waals surface area contributed by atoms with Gasteiger partial charge in [-0.2, -0.15) is 0 Å². The van der Waals surface area contributed by atoms with Crippen LogP contribution in [0.4, 0.5) is 5.69 Å². The quantitative estimate of drug-likeness (QED) is 0.349. The van der Waals surface area contributed by atoms with E-state index in [1.165, 1.54) is 49.0 Å². The molecule has 1 N–H and O–H groups in total. The highest BCUT2D eigenvalue weighted by Crippen LogP contribution is 2.60. The Hall–Kier alpha value is -2.58. The van der Waals surface area contributed by atoms with Crippen molar-refractivity contribution in [2.75, 3.05) is 23.7 Å². The van der Waals surface area contributed by atoms with Gasteiger partial charge in [-0.05, 0) is 110 Å². The fourth-order valence-electron chi connectivity index (χ4n) is 7.88. The van der Waals surface area contributed by atoms with Crippen molar-refractivity contribution in [3.8, 4) is 0 Å². The molecule has 2 aromatic carbocycles. The summed E-state index contributed by atoms with van der Waals surface area (Å²) in [6, 6.07) is 14.1. The maximum absolute atomic E-state index is 13.8. The lowest BCUT2D eigenvalue weighted by Crippen LogP contribution is -2.51. The third-order valence-electron chi connectivity index (χ3n) is 9.60. The lowest BCUT2D eigenvalue weighted by Gasteiger charge is -2.57. The number of anilines is 1. The van der Waals surface area contributed by atoms with E-state index in [4.69, 9.17) is 11.6 Å². The molecule has 4 saturated carbocycles. The second-order valence-corrected chi connectivity index (χ2v) is 15.8. The van der Waals surface area contributed by atoms with Gasteiger partial charge in [-0.25, -0.2) is 8.42 Å². The molecule has 2 aromatic rings.